The molecule has 1 spiro atoms. The van der Waals surface area contributed by atoms with Gasteiger partial charge in [0.15, 0.2) is 0 Å². The van der Waals surface area contributed by atoms with Crippen molar-refractivity contribution in [3.05, 3.63) is 39.4 Å². The first-order chi connectivity index (χ1) is 9.48. The third-order valence-electron chi connectivity index (χ3n) is 4.23. The van der Waals surface area contributed by atoms with Crippen molar-refractivity contribution in [3.8, 4) is 0 Å². The van der Waals surface area contributed by atoms with Gasteiger partial charge in [-0.05, 0) is 32.3 Å². The highest BCUT2D eigenvalue weighted by Crippen LogP contribution is 2.46. The smallest absolute Gasteiger partial charge is 0.272 e. The van der Waals surface area contributed by atoms with Gasteiger partial charge < -0.3 is 4.90 Å². The van der Waals surface area contributed by atoms with Crippen LogP contribution in [0.2, 0.25) is 0 Å². The fourth-order valence-corrected chi connectivity index (χ4v) is 2.86. The SMILES string of the molecule is CCN1C(=O)C2(CC2)NC1c1ccc(C)c([N+](=O)[O-])c1. The molecule has 0 bridgehead atoms. The van der Waals surface area contributed by atoms with Gasteiger partial charge in [-0.1, -0.05) is 12.1 Å². The average Bonchev–Trinajstić information content (AvgIpc) is 3.13. The molecule has 2 aliphatic rings. The lowest BCUT2D eigenvalue weighted by Gasteiger charge is -2.22. The van der Waals surface area contributed by atoms with Crippen molar-refractivity contribution in [1.82, 2.24) is 10.2 Å². The molecule has 1 saturated heterocycles. The van der Waals surface area contributed by atoms with E-state index in [4.69, 9.17) is 0 Å². The summed E-state index contributed by atoms with van der Waals surface area (Å²) in [6.07, 6.45) is 1.45. The summed E-state index contributed by atoms with van der Waals surface area (Å²) in [6, 6.07) is 5.17. The van der Waals surface area contributed by atoms with Gasteiger partial charge in [0.2, 0.25) is 5.91 Å². The molecular formula is C14H17N3O3. The van der Waals surface area contributed by atoms with E-state index in [0.29, 0.717) is 12.1 Å². The van der Waals surface area contributed by atoms with Crippen LogP contribution in [-0.4, -0.2) is 27.8 Å². The topological polar surface area (TPSA) is 75.5 Å². The molecule has 1 aliphatic carbocycles. The van der Waals surface area contributed by atoms with E-state index in [-0.39, 0.29) is 22.7 Å². The second-order valence-corrected chi connectivity index (χ2v) is 5.52. The predicted molar refractivity (Wildman–Crippen MR) is 73.1 cm³/mol. The first-order valence-corrected chi connectivity index (χ1v) is 6.82. The zero-order valence-electron chi connectivity index (χ0n) is 11.5. The van der Waals surface area contributed by atoms with E-state index in [1.54, 1.807) is 24.0 Å². The molecule has 0 radical (unpaired) electrons. The zero-order chi connectivity index (χ0) is 14.5. The fraction of sp³-hybridized carbons (Fsp3) is 0.500. The number of amides is 1. The standard InChI is InChI=1S/C14H17N3O3/c1-3-16-12(15-14(6-7-14)13(16)18)10-5-4-9(2)11(8-10)17(19)20/h4-5,8,12,15H,3,6-7H2,1-2H3. The minimum atomic E-state index is -0.402. The number of benzene rings is 1. The van der Waals surface area contributed by atoms with Gasteiger partial charge in [0, 0.05) is 18.2 Å². The molecule has 1 saturated carbocycles. The number of carbonyl (C=O) groups is 1. The molecule has 0 aromatic heterocycles. The van der Waals surface area contributed by atoms with Gasteiger partial charge in [-0.15, -0.1) is 0 Å². The lowest BCUT2D eigenvalue weighted by molar-refractivity contribution is -0.385. The van der Waals surface area contributed by atoms with Crippen molar-refractivity contribution in [2.75, 3.05) is 6.54 Å². The molecule has 2 fully saturated rings. The Labute approximate surface area is 116 Å². The first kappa shape index (κ1) is 13.1. The zero-order valence-corrected chi connectivity index (χ0v) is 11.5. The van der Waals surface area contributed by atoms with E-state index in [1.807, 2.05) is 13.0 Å². The van der Waals surface area contributed by atoms with E-state index < -0.39 is 5.54 Å². The van der Waals surface area contributed by atoms with Crippen LogP contribution < -0.4 is 5.32 Å². The predicted octanol–water partition coefficient (Wildman–Crippen LogP) is 1.89. The molecule has 1 heterocycles. The molecule has 1 aromatic carbocycles. The second kappa shape index (κ2) is 4.28. The molecule has 1 aromatic rings. The molecular weight excluding hydrogens is 258 g/mol. The summed E-state index contributed by atoms with van der Waals surface area (Å²) in [5, 5.41) is 14.4. The Kier molecular flexibility index (Phi) is 2.79. The Balaban J connectivity index is 1.98. The molecule has 1 aliphatic heterocycles. The van der Waals surface area contributed by atoms with Gasteiger partial charge in [0.1, 0.15) is 11.7 Å². The Hall–Kier alpha value is -1.95. The normalized spacial score (nSPS) is 23.4. The quantitative estimate of drug-likeness (QED) is 0.675. The van der Waals surface area contributed by atoms with E-state index in [9.17, 15) is 14.9 Å². The monoisotopic (exact) mass is 275 g/mol. The Bertz CT molecular complexity index is 595. The summed E-state index contributed by atoms with van der Waals surface area (Å²) in [4.78, 5) is 24.8. The highest BCUT2D eigenvalue weighted by molar-refractivity contribution is 5.92. The van der Waals surface area contributed by atoms with E-state index >= 15 is 0 Å². The third-order valence-corrected chi connectivity index (χ3v) is 4.23. The van der Waals surface area contributed by atoms with Gasteiger partial charge in [-0.25, -0.2) is 0 Å². The number of likely N-dealkylation sites (N-methyl/N-ethyl adjacent to an activating group) is 1. The summed E-state index contributed by atoms with van der Waals surface area (Å²) in [5.41, 5.74) is 1.11. The number of aryl methyl sites for hydroxylation is 1. The maximum atomic E-state index is 12.3. The van der Waals surface area contributed by atoms with Crippen molar-refractivity contribution in [2.24, 2.45) is 0 Å². The summed E-state index contributed by atoms with van der Waals surface area (Å²) in [6.45, 7) is 4.24. The van der Waals surface area contributed by atoms with Crippen molar-refractivity contribution in [2.45, 2.75) is 38.4 Å². The first-order valence-electron chi connectivity index (χ1n) is 6.82. The number of nitro groups is 1. The van der Waals surface area contributed by atoms with Crippen LogP contribution in [0.3, 0.4) is 0 Å². The number of hydrogen-bond donors (Lipinski definition) is 1. The van der Waals surface area contributed by atoms with Crippen LogP contribution >= 0.6 is 0 Å². The fourth-order valence-electron chi connectivity index (χ4n) is 2.86. The molecule has 6 nitrogen and oxygen atoms in total. The average molecular weight is 275 g/mol. The van der Waals surface area contributed by atoms with Gasteiger partial charge in [-0.3, -0.25) is 20.2 Å². The number of hydrogen-bond acceptors (Lipinski definition) is 4. The van der Waals surface area contributed by atoms with E-state index in [2.05, 4.69) is 5.32 Å². The van der Waals surface area contributed by atoms with Crippen LogP contribution in [0.1, 0.15) is 37.1 Å². The third kappa shape index (κ3) is 1.79. The lowest BCUT2D eigenvalue weighted by atomic mass is 10.1. The van der Waals surface area contributed by atoms with Gasteiger partial charge in [0.25, 0.3) is 5.69 Å². The summed E-state index contributed by atoms with van der Waals surface area (Å²) < 4.78 is 0. The Morgan fingerprint density at radius 3 is 2.75 bits per heavy atom. The summed E-state index contributed by atoms with van der Waals surface area (Å²) in [7, 11) is 0. The van der Waals surface area contributed by atoms with E-state index in [0.717, 1.165) is 18.4 Å². The number of nitrogens with one attached hydrogen (secondary N) is 1. The van der Waals surface area contributed by atoms with Crippen molar-refractivity contribution < 1.29 is 9.72 Å². The van der Waals surface area contributed by atoms with Crippen molar-refractivity contribution in [1.29, 1.82) is 0 Å². The van der Waals surface area contributed by atoms with Crippen LogP contribution in [0.15, 0.2) is 18.2 Å². The second-order valence-electron chi connectivity index (χ2n) is 5.52. The number of nitro benzene ring substituents is 1. The van der Waals surface area contributed by atoms with E-state index in [1.165, 1.54) is 0 Å². The summed E-state index contributed by atoms with van der Waals surface area (Å²) in [5.74, 6) is 0.119. The van der Waals surface area contributed by atoms with Crippen LogP contribution in [0.25, 0.3) is 0 Å². The number of rotatable bonds is 3. The molecule has 1 unspecified atom stereocenters. The maximum absolute atomic E-state index is 12.3. The molecule has 1 N–H and O–H groups in total. The number of nitrogens with zero attached hydrogens (tertiary/aromatic N) is 2. The highest BCUT2D eigenvalue weighted by Gasteiger charge is 2.59. The van der Waals surface area contributed by atoms with Crippen LogP contribution in [0.4, 0.5) is 5.69 Å². The van der Waals surface area contributed by atoms with Crippen LogP contribution in [-0.2, 0) is 4.79 Å². The largest absolute Gasteiger partial charge is 0.322 e. The lowest BCUT2D eigenvalue weighted by Crippen LogP contribution is -2.32. The molecule has 20 heavy (non-hydrogen) atoms. The molecule has 6 heteroatoms. The van der Waals surface area contributed by atoms with Crippen molar-refractivity contribution in [3.63, 3.8) is 0 Å². The minimum absolute atomic E-state index is 0.101. The Morgan fingerprint density at radius 1 is 1.50 bits per heavy atom. The number of carbonyl (C=O) groups excluding carboxylic acids is 1. The van der Waals surface area contributed by atoms with Crippen LogP contribution in [0.5, 0.6) is 0 Å². The Morgan fingerprint density at radius 2 is 2.20 bits per heavy atom. The van der Waals surface area contributed by atoms with Gasteiger partial charge >= 0.3 is 0 Å². The van der Waals surface area contributed by atoms with Gasteiger partial charge in [0.05, 0.1) is 4.92 Å². The minimum Gasteiger partial charge on any atom is -0.322 e. The summed E-state index contributed by atoms with van der Waals surface area (Å²) >= 11 is 0. The molecule has 3 rings (SSSR count). The van der Waals surface area contributed by atoms with Gasteiger partial charge in [-0.2, -0.15) is 0 Å². The maximum Gasteiger partial charge on any atom is 0.272 e. The molecule has 106 valence electrons. The van der Waals surface area contributed by atoms with Crippen LogP contribution in [0, 0.1) is 17.0 Å². The van der Waals surface area contributed by atoms with Crippen molar-refractivity contribution >= 4 is 11.6 Å². The highest BCUT2D eigenvalue weighted by atomic mass is 16.6. The molecule has 1 amide bonds. The molecule has 1 atom stereocenters.